The maximum atomic E-state index is 12.6. The number of benzene rings is 1. The van der Waals surface area contributed by atoms with Crippen molar-refractivity contribution in [2.75, 3.05) is 19.6 Å². The molecule has 5 rings (SSSR count). The predicted octanol–water partition coefficient (Wildman–Crippen LogP) is 5.73. The third-order valence-corrected chi connectivity index (χ3v) is 8.80. The number of carbonyl (C=O) groups is 1. The number of nitrogens with one attached hydrogen (secondary N) is 1. The molecule has 11 heteroatoms. The van der Waals surface area contributed by atoms with Crippen molar-refractivity contribution in [3.8, 4) is 17.1 Å². The summed E-state index contributed by atoms with van der Waals surface area (Å²) in [4.78, 5) is 23.9. The Morgan fingerprint density at radius 3 is 2.89 bits per heavy atom. The van der Waals surface area contributed by atoms with E-state index in [0.717, 1.165) is 35.8 Å². The first kappa shape index (κ1) is 26.8. The van der Waals surface area contributed by atoms with Crippen molar-refractivity contribution in [2.24, 2.45) is 0 Å². The van der Waals surface area contributed by atoms with E-state index in [9.17, 15) is 4.79 Å². The SMILES string of the molecule is CC1CCCCN1CCCNC(=O)c1csc(CSc2nnc(-c3ccncc3)n2-c2cccc(Cl)c2)n1. The molecule has 1 saturated heterocycles. The molecule has 1 aliphatic rings. The number of halogens is 1. The number of aromatic nitrogens is 5. The number of thioether (sulfide) groups is 1. The lowest BCUT2D eigenvalue weighted by Crippen LogP contribution is -2.39. The van der Waals surface area contributed by atoms with Gasteiger partial charge in [-0.1, -0.05) is 35.9 Å². The second-order valence-electron chi connectivity index (χ2n) is 9.26. The fraction of sp³-hybridized carbons (Fsp3) is 0.370. The molecule has 0 bridgehead atoms. The van der Waals surface area contributed by atoms with Crippen molar-refractivity contribution in [2.45, 2.75) is 49.6 Å². The van der Waals surface area contributed by atoms with Crippen LogP contribution in [0.25, 0.3) is 17.1 Å². The van der Waals surface area contributed by atoms with Crippen molar-refractivity contribution >= 4 is 40.6 Å². The summed E-state index contributed by atoms with van der Waals surface area (Å²) in [6.07, 6.45) is 8.28. The largest absolute Gasteiger partial charge is 0.351 e. The summed E-state index contributed by atoms with van der Waals surface area (Å²) >= 11 is 9.29. The number of pyridine rings is 1. The minimum Gasteiger partial charge on any atom is -0.351 e. The molecule has 4 heterocycles. The molecule has 0 saturated carbocycles. The Labute approximate surface area is 235 Å². The monoisotopic (exact) mass is 567 g/mol. The molecule has 1 unspecified atom stereocenters. The van der Waals surface area contributed by atoms with E-state index in [-0.39, 0.29) is 5.91 Å². The molecule has 1 fully saturated rings. The van der Waals surface area contributed by atoms with Crippen molar-refractivity contribution in [1.29, 1.82) is 0 Å². The minimum atomic E-state index is -0.119. The predicted molar refractivity (Wildman–Crippen MR) is 153 cm³/mol. The van der Waals surface area contributed by atoms with Gasteiger partial charge in [0, 0.05) is 47.5 Å². The van der Waals surface area contributed by atoms with Gasteiger partial charge in [-0.3, -0.25) is 14.3 Å². The Kier molecular flexibility index (Phi) is 9.06. The van der Waals surface area contributed by atoms with Crippen molar-refractivity contribution in [3.05, 3.63) is 69.9 Å². The van der Waals surface area contributed by atoms with E-state index in [4.69, 9.17) is 11.6 Å². The Morgan fingerprint density at radius 1 is 1.21 bits per heavy atom. The minimum absolute atomic E-state index is 0.119. The molecule has 38 heavy (non-hydrogen) atoms. The number of piperidine rings is 1. The van der Waals surface area contributed by atoms with E-state index in [1.807, 2.05) is 46.3 Å². The number of thiazole rings is 1. The first-order chi connectivity index (χ1) is 18.6. The summed E-state index contributed by atoms with van der Waals surface area (Å²) in [5, 5.41) is 16.0. The highest BCUT2D eigenvalue weighted by molar-refractivity contribution is 7.98. The van der Waals surface area contributed by atoms with Gasteiger partial charge >= 0.3 is 0 Å². The molecule has 0 aliphatic carbocycles. The molecule has 1 amide bonds. The average Bonchev–Trinajstić information content (AvgIpc) is 3.59. The zero-order valence-electron chi connectivity index (χ0n) is 21.2. The molecular formula is C27H30ClN7OS2. The fourth-order valence-corrected chi connectivity index (χ4v) is 6.50. The molecule has 1 aromatic carbocycles. The lowest BCUT2D eigenvalue weighted by atomic mass is 10.0. The van der Waals surface area contributed by atoms with Gasteiger partial charge in [0.25, 0.3) is 5.91 Å². The van der Waals surface area contributed by atoms with Crippen LogP contribution in [0.2, 0.25) is 5.02 Å². The summed E-state index contributed by atoms with van der Waals surface area (Å²) in [6.45, 7) is 5.14. The van der Waals surface area contributed by atoms with Crippen LogP contribution >= 0.6 is 34.7 Å². The molecule has 1 aliphatic heterocycles. The highest BCUT2D eigenvalue weighted by Crippen LogP contribution is 2.31. The van der Waals surface area contributed by atoms with Crippen LogP contribution in [0.4, 0.5) is 0 Å². The number of rotatable bonds is 10. The molecule has 0 radical (unpaired) electrons. The number of amides is 1. The standard InChI is InChI=1S/C27H30ClN7OS2/c1-19-6-2-3-14-34(19)15-5-11-30-26(36)23-17-37-24(31-23)18-38-27-33-32-25(20-9-12-29-13-10-20)35(27)22-8-4-7-21(28)16-22/h4,7-10,12-13,16-17,19H,2-3,5-6,11,14-15,18H2,1H3,(H,30,36). The van der Waals surface area contributed by atoms with Crippen LogP contribution in [-0.4, -0.2) is 61.2 Å². The first-order valence-corrected chi connectivity index (χ1v) is 15.0. The quantitative estimate of drug-likeness (QED) is 0.193. The Balaban J connectivity index is 1.21. The zero-order chi connectivity index (χ0) is 26.3. The van der Waals surface area contributed by atoms with Crippen molar-refractivity contribution < 1.29 is 4.79 Å². The van der Waals surface area contributed by atoms with E-state index in [1.165, 1.54) is 42.4 Å². The smallest absolute Gasteiger partial charge is 0.270 e. The number of nitrogens with zero attached hydrogens (tertiary/aromatic N) is 6. The average molecular weight is 568 g/mol. The van der Waals surface area contributed by atoms with Crippen LogP contribution in [0.3, 0.4) is 0 Å². The summed E-state index contributed by atoms with van der Waals surface area (Å²) in [7, 11) is 0. The third kappa shape index (κ3) is 6.61. The molecule has 0 spiro atoms. The third-order valence-electron chi connectivity index (χ3n) is 6.60. The fourth-order valence-electron chi connectivity index (χ4n) is 4.57. The van der Waals surface area contributed by atoms with Gasteiger partial charge in [-0.05, 0) is 63.1 Å². The number of carbonyl (C=O) groups excluding carboxylic acids is 1. The number of likely N-dealkylation sites (tertiary alicyclic amines) is 1. The van der Waals surface area contributed by atoms with Crippen LogP contribution in [0.15, 0.2) is 59.3 Å². The summed E-state index contributed by atoms with van der Waals surface area (Å²) in [5.74, 6) is 1.15. The van der Waals surface area contributed by atoms with E-state index < -0.39 is 0 Å². The van der Waals surface area contributed by atoms with Gasteiger partial charge < -0.3 is 10.2 Å². The van der Waals surface area contributed by atoms with Gasteiger partial charge in [0.05, 0.1) is 11.4 Å². The van der Waals surface area contributed by atoms with Crippen molar-refractivity contribution in [3.63, 3.8) is 0 Å². The van der Waals surface area contributed by atoms with Gasteiger partial charge in [0.2, 0.25) is 0 Å². The summed E-state index contributed by atoms with van der Waals surface area (Å²) in [5.41, 5.74) is 2.24. The van der Waals surface area contributed by atoms with Crippen LogP contribution in [0, 0.1) is 0 Å². The highest BCUT2D eigenvalue weighted by atomic mass is 35.5. The Morgan fingerprint density at radius 2 is 2.08 bits per heavy atom. The second kappa shape index (κ2) is 12.8. The van der Waals surface area contributed by atoms with Crippen LogP contribution in [0.1, 0.15) is 48.1 Å². The second-order valence-corrected chi connectivity index (χ2v) is 11.6. The molecule has 1 atom stereocenters. The molecule has 8 nitrogen and oxygen atoms in total. The summed E-state index contributed by atoms with van der Waals surface area (Å²) < 4.78 is 1.98. The van der Waals surface area contributed by atoms with Gasteiger partial charge in [-0.25, -0.2) is 4.98 Å². The van der Waals surface area contributed by atoms with Gasteiger partial charge in [-0.2, -0.15) is 0 Å². The molecule has 3 aromatic heterocycles. The van der Waals surface area contributed by atoms with E-state index >= 15 is 0 Å². The lowest BCUT2D eigenvalue weighted by Gasteiger charge is -2.33. The summed E-state index contributed by atoms with van der Waals surface area (Å²) in [6, 6.07) is 12.0. The van der Waals surface area contributed by atoms with Crippen molar-refractivity contribution in [1.82, 2.24) is 34.9 Å². The lowest BCUT2D eigenvalue weighted by molar-refractivity contribution is 0.0944. The van der Waals surface area contributed by atoms with E-state index in [0.29, 0.717) is 40.0 Å². The van der Waals surface area contributed by atoms with Crippen LogP contribution in [0.5, 0.6) is 0 Å². The zero-order valence-corrected chi connectivity index (χ0v) is 23.6. The maximum absolute atomic E-state index is 12.6. The molecule has 198 valence electrons. The first-order valence-electron chi connectivity index (χ1n) is 12.8. The van der Waals surface area contributed by atoms with E-state index in [2.05, 4.69) is 37.3 Å². The number of hydrogen-bond acceptors (Lipinski definition) is 8. The Bertz CT molecular complexity index is 1360. The van der Waals surface area contributed by atoms with Gasteiger partial charge in [-0.15, -0.1) is 21.5 Å². The van der Waals surface area contributed by atoms with Gasteiger partial charge in [0.15, 0.2) is 11.0 Å². The van der Waals surface area contributed by atoms with Crippen LogP contribution in [-0.2, 0) is 5.75 Å². The normalized spacial score (nSPS) is 16.0. The molecular weight excluding hydrogens is 538 g/mol. The topological polar surface area (TPSA) is 88.8 Å². The molecule has 4 aromatic rings. The number of hydrogen-bond donors (Lipinski definition) is 1. The van der Waals surface area contributed by atoms with E-state index in [1.54, 1.807) is 12.4 Å². The Hall–Kier alpha value is -2.79. The van der Waals surface area contributed by atoms with Crippen LogP contribution < -0.4 is 5.32 Å². The maximum Gasteiger partial charge on any atom is 0.270 e. The molecule has 1 N–H and O–H groups in total. The highest BCUT2D eigenvalue weighted by Gasteiger charge is 2.19. The van der Waals surface area contributed by atoms with Gasteiger partial charge in [0.1, 0.15) is 10.7 Å².